The molecule has 3 heteroatoms. The maximum atomic E-state index is 3.98. The molecule has 1 heterocycles. The quantitative estimate of drug-likeness (QED) is 0.457. The normalized spacial score (nSPS) is 15.8. The minimum Gasteiger partial charge on any atom is -0.133 e. The highest BCUT2D eigenvalue weighted by molar-refractivity contribution is 9.11. The van der Waals surface area contributed by atoms with Crippen molar-refractivity contribution in [3.05, 3.63) is 56.2 Å². The number of alkyl halides is 1. The summed E-state index contributed by atoms with van der Waals surface area (Å²) in [4.78, 5) is 1.75. The summed E-state index contributed by atoms with van der Waals surface area (Å²) in [6, 6.07) is 13.1. The molecule has 0 N–H and O–H groups in total. The molecule has 0 spiro atoms. The third kappa shape index (κ3) is 3.55. The lowest BCUT2D eigenvalue weighted by Crippen LogP contribution is -2.14. The van der Waals surface area contributed by atoms with Gasteiger partial charge in [-0.1, -0.05) is 66.5 Å². The summed E-state index contributed by atoms with van der Waals surface area (Å²) in [5.74, 6) is 1.14. The predicted molar refractivity (Wildman–Crippen MR) is 97.1 cm³/mol. The Hall–Kier alpha value is -0.120. The predicted octanol–water partition coefficient (Wildman–Crippen LogP) is 7.08. The Morgan fingerprint density at radius 3 is 2.35 bits per heavy atom. The molecule has 3 unspecified atom stereocenters. The van der Waals surface area contributed by atoms with Crippen molar-refractivity contribution in [3.63, 3.8) is 0 Å². The van der Waals surface area contributed by atoms with Crippen molar-refractivity contribution in [1.29, 1.82) is 0 Å². The lowest BCUT2D eigenvalue weighted by atomic mass is 9.81. The van der Waals surface area contributed by atoms with E-state index in [1.807, 2.05) is 11.3 Å². The van der Waals surface area contributed by atoms with Crippen LogP contribution in [0.5, 0.6) is 0 Å². The Kier molecular flexibility index (Phi) is 5.88. The first-order valence-electron chi connectivity index (χ1n) is 6.99. The number of hydrogen-bond acceptors (Lipinski definition) is 1. The van der Waals surface area contributed by atoms with Crippen LogP contribution in [0.1, 0.15) is 47.0 Å². The molecule has 2 rings (SSSR count). The standard InChI is InChI=1S/C17H20Br2S/c1-4-11(2)16(13-8-6-5-7-9-13)17(19)14-10-15(18)20-12(14)3/h5-11,16-17H,4H2,1-3H3. The maximum absolute atomic E-state index is 3.98. The molecule has 2 aromatic rings. The number of benzene rings is 1. The minimum absolute atomic E-state index is 0.363. The molecule has 0 aliphatic carbocycles. The van der Waals surface area contributed by atoms with E-state index in [2.05, 4.69) is 89.0 Å². The second kappa shape index (κ2) is 7.24. The molecule has 20 heavy (non-hydrogen) atoms. The molecule has 0 bridgehead atoms. The van der Waals surface area contributed by atoms with Crippen LogP contribution in [0.15, 0.2) is 40.2 Å². The fourth-order valence-corrected chi connectivity index (χ4v) is 5.85. The van der Waals surface area contributed by atoms with Crippen LogP contribution in [-0.2, 0) is 0 Å². The minimum atomic E-state index is 0.363. The van der Waals surface area contributed by atoms with Gasteiger partial charge in [-0.15, -0.1) is 11.3 Å². The van der Waals surface area contributed by atoms with E-state index in [0.717, 1.165) is 0 Å². The second-order valence-corrected chi connectivity index (χ2v) is 8.91. The molecule has 0 radical (unpaired) electrons. The SMILES string of the molecule is CCC(C)C(c1ccccc1)C(Br)c1cc(Br)sc1C. The number of aryl methyl sites for hydroxylation is 1. The van der Waals surface area contributed by atoms with Gasteiger partial charge in [-0.2, -0.15) is 0 Å². The van der Waals surface area contributed by atoms with E-state index in [-0.39, 0.29) is 0 Å². The monoisotopic (exact) mass is 414 g/mol. The van der Waals surface area contributed by atoms with Gasteiger partial charge in [0.15, 0.2) is 0 Å². The molecule has 1 aromatic heterocycles. The molecule has 3 atom stereocenters. The highest BCUT2D eigenvalue weighted by Gasteiger charge is 2.28. The van der Waals surface area contributed by atoms with Gasteiger partial charge in [0.05, 0.1) is 3.79 Å². The van der Waals surface area contributed by atoms with Gasteiger partial charge in [-0.3, -0.25) is 0 Å². The molecule has 1 aromatic carbocycles. The first-order valence-corrected chi connectivity index (χ1v) is 9.52. The van der Waals surface area contributed by atoms with Crippen LogP contribution in [0, 0.1) is 12.8 Å². The van der Waals surface area contributed by atoms with Gasteiger partial charge < -0.3 is 0 Å². The molecule has 0 amide bonds. The number of thiophene rings is 1. The maximum Gasteiger partial charge on any atom is 0.0704 e. The number of halogens is 2. The van der Waals surface area contributed by atoms with Crippen molar-refractivity contribution >= 4 is 43.2 Å². The van der Waals surface area contributed by atoms with Crippen molar-refractivity contribution in [2.24, 2.45) is 5.92 Å². The molecule has 0 fully saturated rings. The molecular weight excluding hydrogens is 396 g/mol. The van der Waals surface area contributed by atoms with Crippen molar-refractivity contribution in [2.75, 3.05) is 0 Å². The second-order valence-electron chi connectivity index (χ2n) is 5.29. The van der Waals surface area contributed by atoms with E-state index in [9.17, 15) is 0 Å². The highest BCUT2D eigenvalue weighted by Crippen LogP contribution is 2.46. The Morgan fingerprint density at radius 2 is 1.85 bits per heavy atom. The Labute approximate surface area is 142 Å². The average Bonchev–Trinajstić information content (AvgIpc) is 2.79. The Morgan fingerprint density at radius 1 is 1.20 bits per heavy atom. The smallest absolute Gasteiger partial charge is 0.0704 e. The van der Waals surface area contributed by atoms with E-state index in [0.29, 0.717) is 16.7 Å². The molecule has 0 nitrogen and oxygen atoms in total. The molecule has 0 aliphatic heterocycles. The van der Waals surface area contributed by atoms with E-state index >= 15 is 0 Å². The summed E-state index contributed by atoms with van der Waals surface area (Å²) in [7, 11) is 0. The van der Waals surface area contributed by atoms with Crippen molar-refractivity contribution < 1.29 is 0 Å². The Bertz CT molecular complexity index is 547. The topological polar surface area (TPSA) is 0 Å². The van der Waals surface area contributed by atoms with Crippen LogP contribution in [0.2, 0.25) is 0 Å². The fraction of sp³-hybridized carbons (Fsp3) is 0.412. The van der Waals surface area contributed by atoms with Gasteiger partial charge in [-0.25, -0.2) is 0 Å². The van der Waals surface area contributed by atoms with Crippen molar-refractivity contribution in [3.8, 4) is 0 Å². The van der Waals surface area contributed by atoms with Gasteiger partial charge in [0, 0.05) is 15.6 Å². The molecule has 108 valence electrons. The van der Waals surface area contributed by atoms with Crippen LogP contribution < -0.4 is 0 Å². The zero-order valence-corrected chi connectivity index (χ0v) is 16.1. The molecule has 0 saturated carbocycles. The Balaban J connectivity index is 2.39. The summed E-state index contributed by atoms with van der Waals surface area (Å²) < 4.78 is 1.21. The summed E-state index contributed by atoms with van der Waals surface area (Å²) in [5, 5.41) is 0. The lowest BCUT2D eigenvalue weighted by molar-refractivity contribution is 0.440. The van der Waals surface area contributed by atoms with Crippen LogP contribution in [0.4, 0.5) is 0 Å². The van der Waals surface area contributed by atoms with Crippen LogP contribution in [0.3, 0.4) is 0 Å². The zero-order chi connectivity index (χ0) is 14.7. The molecule has 0 aliphatic rings. The van der Waals surface area contributed by atoms with Crippen LogP contribution >= 0.6 is 43.2 Å². The summed E-state index contributed by atoms with van der Waals surface area (Å²) in [5.41, 5.74) is 2.83. The lowest BCUT2D eigenvalue weighted by Gasteiger charge is -2.28. The summed E-state index contributed by atoms with van der Waals surface area (Å²) >= 11 is 9.41. The largest absolute Gasteiger partial charge is 0.133 e. The highest BCUT2D eigenvalue weighted by atomic mass is 79.9. The zero-order valence-electron chi connectivity index (χ0n) is 12.1. The van der Waals surface area contributed by atoms with Crippen molar-refractivity contribution in [2.45, 2.75) is 37.9 Å². The van der Waals surface area contributed by atoms with E-state index in [4.69, 9.17) is 0 Å². The van der Waals surface area contributed by atoms with Gasteiger partial charge in [0.1, 0.15) is 0 Å². The number of hydrogen-bond donors (Lipinski definition) is 0. The average molecular weight is 416 g/mol. The van der Waals surface area contributed by atoms with Crippen LogP contribution in [0.25, 0.3) is 0 Å². The van der Waals surface area contributed by atoms with Gasteiger partial charge in [-0.05, 0) is 46.0 Å². The number of rotatable bonds is 5. The third-order valence-corrected chi connectivity index (χ3v) is 6.61. The van der Waals surface area contributed by atoms with E-state index < -0.39 is 0 Å². The first-order chi connectivity index (χ1) is 9.54. The van der Waals surface area contributed by atoms with Gasteiger partial charge >= 0.3 is 0 Å². The summed E-state index contributed by atoms with van der Waals surface area (Å²) in [6.45, 7) is 6.83. The fourth-order valence-electron chi connectivity index (χ4n) is 2.64. The first kappa shape index (κ1) is 16.3. The molecule has 0 saturated heterocycles. The van der Waals surface area contributed by atoms with Gasteiger partial charge in [0.25, 0.3) is 0 Å². The van der Waals surface area contributed by atoms with Gasteiger partial charge in [0.2, 0.25) is 0 Å². The van der Waals surface area contributed by atoms with E-state index in [1.54, 1.807) is 0 Å². The third-order valence-electron chi connectivity index (χ3n) is 3.98. The van der Waals surface area contributed by atoms with Crippen molar-refractivity contribution in [1.82, 2.24) is 0 Å². The molecular formula is C17H20Br2S. The van der Waals surface area contributed by atoms with Crippen LogP contribution in [-0.4, -0.2) is 0 Å². The van der Waals surface area contributed by atoms with E-state index in [1.165, 1.54) is 26.2 Å². The summed E-state index contributed by atoms with van der Waals surface area (Å²) in [6.07, 6.45) is 1.19.